The molecule has 1 heterocycles. The van der Waals surface area contributed by atoms with E-state index in [-0.39, 0.29) is 0 Å². The van der Waals surface area contributed by atoms with Gasteiger partial charge in [0.25, 0.3) is 0 Å². The third kappa shape index (κ3) is 3.25. The van der Waals surface area contributed by atoms with Crippen LogP contribution in [-0.2, 0) is 0 Å². The van der Waals surface area contributed by atoms with Crippen LogP contribution in [0.2, 0.25) is 0 Å². The fourth-order valence-corrected chi connectivity index (χ4v) is 5.24. The Balaban J connectivity index is 1.38. The Morgan fingerprint density at radius 3 is 1.66 bits per heavy atom. The third-order valence-corrected chi connectivity index (χ3v) is 6.90. The molecular weight excluding hydrogens is 424 g/mol. The van der Waals surface area contributed by atoms with Gasteiger partial charge in [0.2, 0.25) is 0 Å². The molecule has 1 aromatic heterocycles. The van der Waals surface area contributed by atoms with Crippen molar-refractivity contribution in [3.63, 3.8) is 0 Å². The summed E-state index contributed by atoms with van der Waals surface area (Å²) in [7, 11) is 0. The predicted molar refractivity (Wildman–Crippen MR) is 148 cm³/mol. The summed E-state index contributed by atoms with van der Waals surface area (Å²) in [5.41, 5.74) is 9.09. The Hall–Kier alpha value is -4.62. The summed E-state index contributed by atoms with van der Waals surface area (Å²) >= 11 is 0. The smallest absolute Gasteiger partial charge is 0.143 e. The maximum absolute atomic E-state index is 6.28. The molecule has 0 fully saturated rings. The van der Waals surface area contributed by atoms with E-state index in [1.807, 2.05) is 12.1 Å². The number of para-hydroxylation sites is 2. The summed E-state index contributed by atoms with van der Waals surface area (Å²) in [6.07, 6.45) is 0. The van der Waals surface area contributed by atoms with E-state index in [4.69, 9.17) is 4.42 Å². The van der Waals surface area contributed by atoms with Gasteiger partial charge in [-0.3, -0.25) is 0 Å². The lowest BCUT2D eigenvalue weighted by molar-refractivity contribution is 0.670. The molecule has 35 heavy (non-hydrogen) atoms. The molecule has 0 N–H and O–H groups in total. The van der Waals surface area contributed by atoms with Crippen LogP contribution in [0.4, 0.5) is 0 Å². The first kappa shape index (κ1) is 19.8. The Kier molecular flexibility index (Phi) is 4.53. The van der Waals surface area contributed by atoms with E-state index in [9.17, 15) is 0 Å². The summed E-state index contributed by atoms with van der Waals surface area (Å²) < 4.78 is 6.28. The lowest BCUT2D eigenvalue weighted by Gasteiger charge is -2.13. The number of hydrogen-bond donors (Lipinski definition) is 0. The molecule has 0 aliphatic carbocycles. The molecule has 0 bridgehead atoms. The summed E-state index contributed by atoms with van der Waals surface area (Å²) in [4.78, 5) is 0. The van der Waals surface area contributed by atoms with Gasteiger partial charge in [-0.1, -0.05) is 127 Å². The summed E-state index contributed by atoms with van der Waals surface area (Å²) in [5, 5.41) is 4.85. The molecule has 0 radical (unpaired) electrons. The Morgan fingerprint density at radius 2 is 0.914 bits per heavy atom. The summed E-state index contributed by atoms with van der Waals surface area (Å²) in [5.74, 6) is 0. The minimum absolute atomic E-state index is 0.927. The number of hydrogen-bond acceptors (Lipinski definition) is 1. The van der Waals surface area contributed by atoms with E-state index >= 15 is 0 Å². The fourth-order valence-electron chi connectivity index (χ4n) is 5.24. The van der Waals surface area contributed by atoms with Crippen LogP contribution >= 0.6 is 0 Å². The van der Waals surface area contributed by atoms with Crippen LogP contribution in [0.5, 0.6) is 0 Å². The lowest BCUT2D eigenvalue weighted by Crippen LogP contribution is -1.87. The molecule has 7 rings (SSSR count). The van der Waals surface area contributed by atoms with Gasteiger partial charge < -0.3 is 4.42 Å². The minimum atomic E-state index is 0.927. The van der Waals surface area contributed by atoms with Crippen molar-refractivity contribution in [3.8, 4) is 33.4 Å². The standard InChI is InChI=1S/C34H22O/c1-2-9-23(10-3-1)27-14-6-11-26-12-7-15-28(33(26)27)24-19-21-25(22-20-24)29-16-8-17-31-30-13-4-5-18-32(30)35-34(29)31/h1-22H. The van der Waals surface area contributed by atoms with Crippen molar-refractivity contribution in [2.45, 2.75) is 0 Å². The Bertz CT molecular complexity index is 1820. The van der Waals surface area contributed by atoms with Crippen LogP contribution in [-0.4, -0.2) is 0 Å². The zero-order valence-corrected chi connectivity index (χ0v) is 19.1. The predicted octanol–water partition coefficient (Wildman–Crippen LogP) is 9.74. The average Bonchev–Trinajstić information content (AvgIpc) is 3.32. The van der Waals surface area contributed by atoms with Gasteiger partial charge in [-0.15, -0.1) is 0 Å². The number of benzene rings is 6. The molecule has 0 unspecified atom stereocenters. The van der Waals surface area contributed by atoms with Gasteiger partial charge in [-0.05, 0) is 44.7 Å². The molecule has 164 valence electrons. The van der Waals surface area contributed by atoms with Crippen LogP contribution in [0, 0.1) is 0 Å². The first-order valence-electron chi connectivity index (χ1n) is 11.9. The van der Waals surface area contributed by atoms with E-state index in [2.05, 4.69) is 121 Å². The van der Waals surface area contributed by atoms with Crippen molar-refractivity contribution in [2.75, 3.05) is 0 Å². The molecule has 6 aromatic carbocycles. The highest BCUT2D eigenvalue weighted by atomic mass is 16.3. The third-order valence-electron chi connectivity index (χ3n) is 6.90. The van der Waals surface area contributed by atoms with Crippen molar-refractivity contribution >= 4 is 32.7 Å². The van der Waals surface area contributed by atoms with Crippen LogP contribution in [0.15, 0.2) is 138 Å². The molecule has 0 spiro atoms. The monoisotopic (exact) mass is 446 g/mol. The number of fused-ring (bicyclic) bond motifs is 4. The van der Waals surface area contributed by atoms with Crippen molar-refractivity contribution in [2.24, 2.45) is 0 Å². The quantitative estimate of drug-likeness (QED) is 0.263. The average molecular weight is 447 g/mol. The maximum atomic E-state index is 6.28. The second-order valence-electron chi connectivity index (χ2n) is 8.93. The molecule has 7 aromatic rings. The van der Waals surface area contributed by atoms with Gasteiger partial charge in [0, 0.05) is 16.3 Å². The highest BCUT2D eigenvalue weighted by Gasteiger charge is 2.13. The maximum Gasteiger partial charge on any atom is 0.143 e. The second kappa shape index (κ2) is 8.00. The fraction of sp³-hybridized carbons (Fsp3) is 0. The Morgan fingerprint density at radius 1 is 0.371 bits per heavy atom. The molecule has 1 nitrogen and oxygen atoms in total. The topological polar surface area (TPSA) is 13.1 Å². The van der Waals surface area contributed by atoms with E-state index in [1.54, 1.807) is 0 Å². The number of furan rings is 1. The first-order valence-corrected chi connectivity index (χ1v) is 11.9. The highest BCUT2D eigenvalue weighted by molar-refractivity contribution is 6.10. The molecule has 0 saturated carbocycles. The van der Waals surface area contributed by atoms with Crippen molar-refractivity contribution < 1.29 is 4.42 Å². The van der Waals surface area contributed by atoms with E-state index in [0.29, 0.717) is 0 Å². The number of rotatable bonds is 3. The summed E-state index contributed by atoms with van der Waals surface area (Å²) in [6.45, 7) is 0. The van der Waals surface area contributed by atoms with Gasteiger partial charge in [-0.2, -0.15) is 0 Å². The van der Waals surface area contributed by atoms with Gasteiger partial charge in [0.1, 0.15) is 11.2 Å². The molecule has 0 saturated heterocycles. The van der Waals surface area contributed by atoms with E-state index < -0.39 is 0 Å². The normalized spacial score (nSPS) is 11.4. The molecule has 0 atom stereocenters. The molecule has 0 aliphatic heterocycles. The van der Waals surface area contributed by atoms with Crippen molar-refractivity contribution in [1.29, 1.82) is 0 Å². The molecular formula is C34H22O. The highest BCUT2D eigenvalue weighted by Crippen LogP contribution is 2.39. The van der Waals surface area contributed by atoms with Gasteiger partial charge in [0.15, 0.2) is 0 Å². The van der Waals surface area contributed by atoms with Crippen molar-refractivity contribution in [1.82, 2.24) is 0 Å². The Labute approximate surface area is 203 Å². The van der Waals surface area contributed by atoms with Crippen LogP contribution in [0.25, 0.3) is 66.1 Å². The van der Waals surface area contributed by atoms with E-state index in [0.717, 1.165) is 33.1 Å². The van der Waals surface area contributed by atoms with Crippen molar-refractivity contribution in [3.05, 3.63) is 133 Å². The molecule has 1 heteroatoms. The van der Waals surface area contributed by atoms with Crippen LogP contribution in [0.1, 0.15) is 0 Å². The lowest BCUT2D eigenvalue weighted by atomic mass is 9.91. The second-order valence-corrected chi connectivity index (χ2v) is 8.93. The van der Waals surface area contributed by atoms with Gasteiger partial charge >= 0.3 is 0 Å². The minimum Gasteiger partial charge on any atom is -0.455 e. The zero-order valence-electron chi connectivity index (χ0n) is 19.1. The molecule has 0 aliphatic rings. The SMILES string of the molecule is c1ccc(-c2cccc3cccc(-c4ccc(-c5cccc6c5oc5ccccc56)cc4)c23)cc1. The van der Waals surface area contributed by atoms with Gasteiger partial charge in [0.05, 0.1) is 0 Å². The summed E-state index contributed by atoms with van der Waals surface area (Å²) in [6, 6.07) is 47.3. The largest absolute Gasteiger partial charge is 0.455 e. The molecule has 0 amide bonds. The van der Waals surface area contributed by atoms with Gasteiger partial charge in [-0.25, -0.2) is 0 Å². The van der Waals surface area contributed by atoms with E-state index in [1.165, 1.54) is 33.0 Å². The van der Waals surface area contributed by atoms with Crippen LogP contribution in [0.3, 0.4) is 0 Å². The first-order chi connectivity index (χ1) is 17.4. The van der Waals surface area contributed by atoms with Crippen LogP contribution < -0.4 is 0 Å². The zero-order chi connectivity index (χ0) is 23.2.